The van der Waals surface area contributed by atoms with Crippen molar-refractivity contribution >= 4 is 33.5 Å². The average molecular weight is 329 g/mol. The van der Waals surface area contributed by atoms with E-state index in [1.165, 1.54) is 0 Å². The van der Waals surface area contributed by atoms with E-state index in [2.05, 4.69) is 25.9 Å². The van der Waals surface area contributed by atoms with Crippen LogP contribution >= 0.6 is 27.5 Å². The summed E-state index contributed by atoms with van der Waals surface area (Å²) in [5, 5.41) is 0.679. The van der Waals surface area contributed by atoms with Crippen LogP contribution in [-0.2, 0) is 0 Å². The topological polar surface area (TPSA) is 61.0 Å². The van der Waals surface area contributed by atoms with Crippen LogP contribution in [0.15, 0.2) is 22.8 Å². The number of rotatable bonds is 2. The van der Waals surface area contributed by atoms with Gasteiger partial charge in [-0.05, 0) is 53.0 Å². The van der Waals surface area contributed by atoms with Crippen LogP contribution in [0, 0.1) is 13.8 Å². The highest BCUT2D eigenvalue weighted by atomic mass is 79.9. The van der Waals surface area contributed by atoms with Crippen molar-refractivity contribution in [3.05, 3.63) is 39.0 Å². The fraction of sp³-hybridized carbons (Fsp3) is 0.167. The van der Waals surface area contributed by atoms with Crippen LogP contribution in [0.3, 0.4) is 0 Å². The minimum atomic E-state index is 0.164. The highest BCUT2D eigenvalue weighted by Crippen LogP contribution is 2.33. The molecule has 0 saturated heterocycles. The highest BCUT2D eigenvalue weighted by Gasteiger charge is 2.11. The Bertz CT molecular complexity index is 581. The van der Waals surface area contributed by atoms with E-state index in [1.807, 2.05) is 26.0 Å². The van der Waals surface area contributed by atoms with E-state index in [9.17, 15) is 0 Å². The first-order valence-electron chi connectivity index (χ1n) is 5.20. The summed E-state index contributed by atoms with van der Waals surface area (Å²) in [4.78, 5) is 7.90. The number of ether oxygens (including phenoxy) is 1. The molecule has 0 radical (unpaired) electrons. The van der Waals surface area contributed by atoms with Gasteiger partial charge in [0, 0.05) is 5.02 Å². The standard InChI is InChI=1S/C12H11BrClN3O/c1-6-3-8(14)4-7(2)10(6)18-11-9(13)5-16-12(15)17-11/h3-5H,1-2H3,(H2,15,16,17). The third kappa shape index (κ3) is 2.73. The van der Waals surface area contributed by atoms with E-state index in [4.69, 9.17) is 22.1 Å². The number of nitrogens with two attached hydrogens (primary N) is 1. The molecule has 2 aromatic rings. The van der Waals surface area contributed by atoms with Gasteiger partial charge in [-0.25, -0.2) is 4.98 Å². The monoisotopic (exact) mass is 327 g/mol. The molecule has 2 rings (SSSR count). The molecule has 94 valence electrons. The van der Waals surface area contributed by atoms with Gasteiger partial charge in [0.05, 0.1) is 10.7 Å². The molecule has 0 aliphatic carbocycles. The Morgan fingerprint density at radius 1 is 1.28 bits per heavy atom. The van der Waals surface area contributed by atoms with Crippen LogP contribution in [0.5, 0.6) is 11.6 Å². The molecule has 1 heterocycles. The molecule has 0 fully saturated rings. The fourth-order valence-electron chi connectivity index (χ4n) is 1.59. The number of benzene rings is 1. The molecule has 18 heavy (non-hydrogen) atoms. The molecule has 0 amide bonds. The van der Waals surface area contributed by atoms with Crippen LogP contribution in [0.2, 0.25) is 5.02 Å². The Hall–Kier alpha value is -1.33. The number of nitrogen functional groups attached to an aromatic ring is 1. The van der Waals surface area contributed by atoms with Gasteiger partial charge in [-0.2, -0.15) is 4.98 Å². The zero-order valence-electron chi connectivity index (χ0n) is 9.87. The van der Waals surface area contributed by atoms with E-state index in [0.717, 1.165) is 16.9 Å². The third-order valence-corrected chi connectivity index (χ3v) is 3.12. The van der Waals surface area contributed by atoms with E-state index < -0.39 is 0 Å². The highest BCUT2D eigenvalue weighted by molar-refractivity contribution is 9.10. The summed E-state index contributed by atoms with van der Waals surface area (Å²) in [5.41, 5.74) is 7.41. The first kappa shape index (κ1) is 13.1. The zero-order chi connectivity index (χ0) is 13.3. The number of anilines is 1. The summed E-state index contributed by atoms with van der Waals surface area (Å²) in [6.07, 6.45) is 1.55. The Kier molecular flexibility index (Phi) is 3.73. The molecule has 1 aromatic carbocycles. The third-order valence-electron chi connectivity index (χ3n) is 2.35. The van der Waals surface area contributed by atoms with Gasteiger partial charge in [0.15, 0.2) is 0 Å². The predicted octanol–water partition coefficient (Wildman–Crippen LogP) is 3.88. The molecule has 1 aromatic heterocycles. The summed E-state index contributed by atoms with van der Waals surface area (Å²) >= 11 is 9.29. The molecule has 0 aliphatic rings. The summed E-state index contributed by atoms with van der Waals surface area (Å²) < 4.78 is 6.41. The van der Waals surface area contributed by atoms with Gasteiger partial charge >= 0.3 is 0 Å². The van der Waals surface area contributed by atoms with Gasteiger partial charge in [-0.15, -0.1) is 0 Å². The van der Waals surface area contributed by atoms with Crippen LogP contribution < -0.4 is 10.5 Å². The lowest BCUT2D eigenvalue weighted by molar-refractivity contribution is 0.452. The maximum Gasteiger partial charge on any atom is 0.238 e. The van der Waals surface area contributed by atoms with Crippen molar-refractivity contribution in [1.82, 2.24) is 9.97 Å². The summed E-state index contributed by atoms with van der Waals surface area (Å²) in [6.45, 7) is 3.85. The van der Waals surface area contributed by atoms with Gasteiger partial charge in [0.1, 0.15) is 5.75 Å². The lowest BCUT2D eigenvalue weighted by Crippen LogP contribution is -1.99. The molecule has 0 aliphatic heterocycles. The lowest BCUT2D eigenvalue weighted by atomic mass is 10.1. The van der Waals surface area contributed by atoms with Crippen molar-refractivity contribution in [3.63, 3.8) is 0 Å². The Balaban J connectivity index is 2.43. The van der Waals surface area contributed by atoms with Crippen LogP contribution in [0.4, 0.5) is 5.95 Å². The second-order valence-electron chi connectivity index (χ2n) is 3.85. The van der Waals surface area contributed by atoms with Gasteiger partial charge in [0.25, 0.3) is 0 Å². The molecule has 0 bridgehead atoms. The van der Waals surface area contributed by atoms with E-state index in [0.29, 0.717) is 15.4 Å². The predicted molar refractivity (Wildman–Crippen MR) is 75.1 cm³/mol. The maximum absolute atomic E-state index is 5.97. The number of aromatic nitrogens is 2. The minimum absolute atomic E-state index is 0.164. The number of nitrogens with zero attached hydrogens (tertiary/aromatic N) is 2. The van der Waals surface area contributed by atoms with Gasteiger partial charge in [0.2, 0.25) is 11.8 Å². The molecular formula is C12H11BrClN3O. The number of halogens is 2. The molecule has 6 heteroatoms. The average Bonchev–Trinajstić information content (AvgIpc) is 2.28. The number of hydrogen-bond acceptors (Lipinski definition) is 4. The summed E-state index contributed by atoms with van der Waals surface area (Å²) in [7, 11) is 0. The van der Waals surface area contributed by atoms with Crippen molar-refractivity contribution in [2.75, 3.05) is 5.73 Å². The van der Waals surface area contributed by atoms with Crippen molar-refractivity contribution in [3.8, 4) is 11.6 Å². The van der Waals surface area contributed by atoms with E-state index in [-0.39, 0.29) is 5.95 Å². The Morgan fingerprint density at radius 2 is 1.89 bits per heavy atom. The van der Waals surface area contributed by atoms with Crippen LogP contribution in [0.25, 0.3) is 0 Å². The normalized spacial score (nSPS) is 10.4. The molecule has 0 atom stereocenters. The molecule has 4 nitrogen and oxygen atoms in total. The SMILES string of the molecule is Cc1cc(Cl)cc(C)c1Oc1nc(N)ncc1Br. The van der Waals surface area contributed by atoms with Crippen LogP contribution in [-0.4, -0.2) is 9.97 Å². The lowest BCUT2D eigenvalue weighted by Gasteiger charge is -2.12. The van der Waals surface area contributed by atoms with Crippen LogP contribution in [0.1, 0.15) is 11.1 Å². The van der Waals surface area contributed by atoms with Gasteiger partial charge in [-0.1, -0.05) is 11.6 Å². The Labute approximate surface area is 118 Å². The maximum atomic E-state index is 5.97. The zero-order valence-corrected chi connectivity index (χ0v) is 12.2. The number of aryl methyl sites for hydroxylation is 2. The molecule has 0 spiro atoms. The van der Waals surface area contributed by atoms with Gasteiger partial charge < -0.3 is 10.5 Å². The molecular weight excluding hydrogens is 318 g/mol. The first-order chi connectivity index (χ1) is 8.47. The Morgan fingerprint density at radius 3 is 2.50 bits per heavy atom. The second kappa shape index (κ2) is 5.12. The molecule has 0 saturated carbocycles. The largest absolute Gasteiger partial charge is 0.437 e. The quantitative estimate of drug-likeness (QED) is 0.908. The second-order valence-corrected chi connectivity index (χ2v) is 5.14. The van der Waals surface area contributed by atoms with E-state index >= 15 is 0 Å². The van der Waals surface area contributed by atoms with Gasteiger partial charge in [-0.3, -0.25) is 0 Å². The van der Waals surface area contributed by atoms with E-state index in [1.54, 1.807) is 6.20 Å². The van der Waals surface area contributed by atoms with Crippen molar-refractivity contribution in [2.24, 2.45) is 0 Å². The minimum Gasteiger partial charge on any atom is -0.437 e. The van der Waals surface area contributed by atoms with Crippen molar-refractivity contribution in [2.45, 2.75) is 13.8 Å². The number of hydrogen-bond donors (Lipinski definition) is 1. The first-order valence-corrected chi connectivity index (χ1v) is 6.37. The van der Waals surface area contributed by atoms with Crippen molar-refractivity contribution < 1.29 is 4.74 Å². The van der Waals surface area contributed by atoms with Crippen molar-refractivity contribution in [1.29, 1.82) is 0 Å². The molecule has 0 unspecified atom stereocenters. The summed E-state index contributed by atoms with van der Waals surface area (Å²) in [6, 6.07) is 3.67. The summed E-state index contributed by atoms with van der Waals surface area (Å²) in [5.74, 6) is 1.27. The smallest absolute Gasteiger partial charge is 0.238 e. The molecule has 2 N–H and O–H groups in total. The fourth-order valence-corrected chi connectivity index (χ4v) is 2.19.